The first kappa shape index (κ1) is 20.4. The fourth-order valence-electron chi connectivity index (χ4n) is 2.37. The third-order valence-corrected chi connectivity index (χ3v) is 4.56. The van der Waals surface area contributed by atoms with E-state index in [0.717, 1.165) is 28.8 Å². The van der Waals surface area contributed by atoms with E-state index in [0.29, 0.717) is 13.1 Å². The van der Waals surface area contributed by atoms with Crippen LogP contribution in [0.5, 0.6) is 0 Å². The summed E-state index contributed by atoms with van der Waals surface area (Å²) in [5.41, 5.74) is 3.37. The van der Waals surface area contributed by atoms with E-state index in [2.05, 4.69) is 52.2 Å². The molecule has 1 heterocycles. The summed E-state index contributed by atoms with van der Waals surface area (Å²) in [6, 6.07) is 20.5. The van der Waals surface area contributed by atoms with Gasteiger partial charge in [0.1, 0.15) is 5.01 Å². The Labute approximate surface area is 175 Å². The van der Waals surface area contributed by atoms with Crippen LogP contribution in [0.25, 0.3) is 10.6 Å². The van der Waals surface area contributed by atoms with E-state index in [1.807, 2.05) is 36.4 Å². The molecule has 0 aliphatic heterocycles. The van der Waals surface area contributed by atoms with Gasteiger partial charge in [-0.2, -0.15) is 0 Å². The normalized spacial score (nSPS) is 10.9. The maximum atomic E-state index is 4.70. The molecule has 1 aromatic heterocycles. The fourth-order valence-corrected chi connectivity index (χ4v) is 3.20. The second-order valence-corrected chi connectivity index (χ2v) is 6.40. The lowest BCUT2D eigenvalue weighted by Gasteiger charge is -2.10. The highest BCUT2D eigenvalue weighted by molar-refractivity contribution is 14.0. The first-order chi connectivity index (χ1) is 12.3. The van der Waals surface area contributed by atoms with Gasteiger partial charge in [-0.05, 0) is 12.5 Å². The minimum absolute atomic E-state index is 0. The molecule has 26 heavy (non-hydrogen) atoms. The quantitative estimate of drug-likeness (QED) is 0.307. The highest BCUT2D eigenvalue weighted by Crippen LogP contribution is 2.23. The number of hydrogen-bond donors (Lipinski definition) is 2. The number of guanidine groups is 1. The van der Waals surface area contributed by atoms with Gasteiger partial charge in [0, 0.05) is 17.5 Å². The van der Waals surface area contributed by atoms with Crippen molar-refractivity contribution in [3.05, 3.63) is 77.3 Å². The molecule has 0 aliphatic carbocycles. The lowest BCUT2D eigenvalue weighted by atomic mass is 10.2. The van der Waals surface area contributed by atoms with Gasteiger partial charge in [-0.3, -0.25) is 0 Å². The van der Waals surface area contributed by atoms with Crippen molar-refractivity contribution in [3.8, 4) is 10.6 Å². The van der Waals surface area contributed by atoms with Crippen LogP contribution in [0.1, 0.15) is 18.2 Å². The number of rotatable bonds is 6. The number of thiazole rings is 1. The van der Waals surface area contributed by atoms with Gasteiger partial charge in [0.2, 0.25) is 0 Å². The van der Waals surface area contributed by atoms with Crippen LogP contribution in [0.3, 0.4) is 0 Å². The van der Waals surface area contributed by atoms with Crippen molar-refractivity contribution in [2.24, 2.45) is 4.99 Å². The smallest absolute Gasteiger partial charge is 0.191 e. The van der Waals surface area contributed by atoms with Crippen molar-refractivity contribution in [1.82, 2.24) is 15.6 Å². The number of hydrogen-bond acceptors (Lipinski definition) is 3. The molecule has 0 spiro atoms. The van der Waals surface area contributed by atoms with Crippen molar-refractivity contribution in [2.75, 3.05) is 6.54 Å². The Kier molecular flexibility index (Phi) is 8.57. The summed E-state index contributed by atoms with van der Waals surface area (Å²) in [5.74, 6) is 0.806. The number of nitrogens with one attached hydrogen (secondary N) is 2. The minimum Gasteiger partial charge on any atom is -0.357 e. The van der Waals surface area contributed by atoms with Crippen LogP contribution in [0.15, 0.2) is 71.0 Å². The summed E-state index contributed by atoms with van der Waals surface area (Å²) < 4.78 is 0. The molecule has 0 saturated carbocycles. The van der Waals surface area contributed by atoms with Gasteiger partial charge in [-0.25, -0.2) is 9.98 Å². The molecule has 4 nitrogen and oxygen atoms in total. The SMILES string of the molecule is CCNC(=NCc1ccccc1)NCc1csc(-c2ccccc2)n1.I. The highest BCUT2D eigenvalue weighted by Gasteiger charge is 2.05. The maximum absolute atomic E-state index is 4.70. The Morgan fingerprint density at radius 2 is 1.69 bits per heavy atom. The van der Waals surface area contributed by atoms with Gasteiger partial charge in [-0.15, -0.1) is 35.3 Å². The largest absolute Gasteiger partial charge is 0.357 e. The first-order valence-corrected chi connectivity index (χ1v) is 9.29. The number of nitrogens with zero attached hydrogens (tertiary/aromatic N) is 2. The predicted octanol–water partition coefficient (Wildman–Crippen LogP) is 4.68. The lowest BCUT2D eigenvalue weighted by Crippen LogP contribution is -2.36. The molecule has 2 N–H and O–H groups in total. The van der Waals surface area contributed by atoms with Gasteiger partial charge in [0.15, 0.2) is 5.96 Å². The monoisotopic (exact) mass is 478 g/mol. The molecule has 0 saturated heterocycles. The summed E-state index contributed by atoms with van der Waals surface area (Å²) in [6.07, 6.45) is 0. The standard InChI is InChI=1S/C20H22N4S.HI/c1-2-21-20(22-13-16-9-5-3-6-10-16)23-14-18-15-25-19(24-18)17-11-7-4-8-12-17;/h3-12,15H,2,13-14H2,1H3,(H2,21,22,23);1H. The minimum atomic E-state index is 0. The molecule has 0 bridgehead atoms. The average molecular weight is 478 g/mol. The fraction of sp³-hybridized carbons (Fsp3) is 0.200. The van der Waals surface area contributed by atoms with Crippen molar-refractivity contribution >= 4 is 41.3 Å². The Balaban J connectivity index is 0.00000243. The summed E-state index contributed by atoms with van der Waals surface area (Å²) in [6.45, 7) is 4.20. The second kappa shape index (κ2) is 10.9. The zero-order valence-electron chi connectivity index (χ0n) is 14.7. The van der Waals surface area contributed by atoms with Crippen LogP contribution in [-0.2, 0) is 13.1 Å². The summed E-state index contributed by atoms with van der Waals surface area (Å²) in [4.78, 5) is 9.34. The highest BCUT2D eigenvalue weighted by atomic mass is 127. The topological polar surface area (TPSA) is 49.3 Å². The number of aromatic nitrogens is 1. The molecule has 2 aromatic carbocycles. The number of halogens is 1. The molecular formula is C20H23IN4S. The average Bonchev–Trinajstić information content (AvgIpc) is 3.15. The lowest BCUT2D eigenvalue weighted by molar-refractivity contribution is 0.804. The number of aliphatic imine (C=N–C) groups is 1. The van der Waals surface area contributed by atoms with Crippen LogP contribution >= 0.6 is 35.3 Å². The molecular weight excluding hydrogens is 455 g/mol. The molecule has 0 amide bonds. The van der Waals surface area contributed by atoms with Crippen LogP contribution in [-0.4, -0.2) is 17.5 Å². The van der Waals surface area contributed by atoms with E-state index >= 15 is 0 Å². The Bertz CT molecular complexity index is 803. The molecule has 0 unspecified atom stereocenters. The van der Waals surface area contributed by atoms with Crippen LogP contribution in [0, 0.1) is 0 Å². The predicted molar refractivity (Wildman–Crippen MR) is 121 cm³/mol. The molecule has 0 aliphatic rings. The third kappa shape index (κ3) is 6.10. The van der Waals surface area contributed by atoms with E-state index in [1.54, 1.807) is 11.3 Å². The van der Waals surface area contributed by atoms with Gasteiger partial charge >= 0.3 is 0 Å². The summed E-state index contributed by atoms with van der Waals surface area (Å²) in [5, 5.41) is 9.77. The maximum Gasteiger partial charge on any atom is 0.191 e. The van der Waals surface area contributed by atoms with Crippen molar-refractivity contribution in [1.29, 1.82) is 0 Å². The molecule has 3 aromatic rings. The van der Waals surface area contributed by atoms with Gasteiger partial charge < -0.3 is 10.6 Å². The van der Waals surface area contributed by atoms with Crippen molar-refractivity contribution in [2.45, 2.75) is 20.0 Å². The molecule has 136 valence electrons. The van der Waals surface area contributed by atoms with Gasteiger partial charge in [0.25, 0.3) is 0 Å². The Morgan fingerprint density at radius 3 is 2.38 bits per heavy atom. The van der Waals surface area contributed by atoms with Crippen LogP contribution in [0.2, 0.25) is 0 Å². The Hall–Kier alpha value is -1.93. The van der Waals surface area contributed by atoms with Crippen molar-refractivity contribution in [3.63, 3.8) is 0 Å². The van der Waals surface area contributed by atoms with E-state index in [4.69, 9.17) is 4.98 Å². The van der Waals surface area contributed by atoms with Crippen LogP contribution < -0.4 is 10.6 Å². The van der Waals surface area contributed by atoms with Crippen molar-refractivity contribution < 1.29 is 0 Å². The number of benzene rings is 2. The van der Waals surface area contributed by atoms with Gasteiger partial charge in [-0.1, -0.05) is 60.7 Å². The van der Waals surface area contributed by atoms with Crippen LogP contribution in [0.4, 0.5) is 0 Å². The second-order valence-electron chi connectivity index (χ2n) is 5.54. The van der Waals surface area contributed by atoms with E-state index in [-0.39, 0.29) is 24.0 Å². The molecule has 3 rings (SSSR count). The zero-order chi connectivity index (χ0) is 17.3. The molecule has 0 atom stereocenters. The zero-order valence-corrected chi connectivity index (χ0v) is 17.8. The Morgan fingerprint density at radius 1 is 1.00 bits per heavy atom. The summed E-state index contributed by atoms with van der Waals surface area (Å²) >= 11 is 1.67. The molecule has 0 radical (unpaired) electrons. The molecule has 0 fully saturated rings. The van der Waals surface area contributed by atoms with E-state index < -0.39 is 0 Å². The van der Waals surface area contributed by atoms with Gasteiger partial charge in [0.05, 0.1) is 18.8 Å². The summed E-state index contributed by atoms with van der Waals surface area (Å²) in [7, 11) is 0. The third-order valence-electron chi connectivity index (χ3n) is 3.62. The molecule has 6 heteroatoms. The van der Waals surface area contributed by atoms with E-state index in [9.17, 15) is 0 Å². The van der Waals surface area contributed by atoms with E-state index in [1.165, 1.54) is 5.56 Å². The first-order valence-electron chi connectivity index (χ1n) is 8.41.